The first-order valence-electron chi connectivity index (χ1n) is 8.37. The molecular weight excluding hydrogens is 256 g/mol. The second kappa shape index (κ2) is 5.91. The maximum absolute atomic E-state index is 6.24. The first-order chi connectivity index (χ1) is 9.13. The van der Waals surface area contributed by atoms with Crippen LogP contribution in [0, 0.1) is 11.8 Å². The van der Waals surface area contributed by atoms with Gasteiger partial charge in [0.15, 0.2) is 0 Å². The van der Waals surface area contributed by atoms with Crippen LogP contribution in [0.1, 0.15) is 52.4 Å². The summed E-state index contributed by atoms with van der Waals surface area (Å²) >= 11 is 6.24. The Bertz CT molecular complexity index is 301. The topological polar surface area (TPSA) is 7.68 Å². The summed E-state index contributed by atoms with van der Waals surface area (Å²) in [6.07, 6.45) is 8.89. The van der Waals surface area contributed by atoms with Crippen molar-refractivity contribution in [2.75, 3.05) is 19.6 Å². The van der Waals surface area contributed by atoms with Gasteiger partial charge >= 0.3 is 0 Å². The minimum atomic E-state index is 0.466. The van der Waals surface area contributed by atoms with Gasteiger partial charge in [0.1, 0.15) is 6.17 Å². The third-order valence-electron chi connectivity index (χ3n) is 5.85. The van der Waals surface area contributed by atoms with Crippen molar-refractivity contribution in [3.05, 3.63) is 0 Å². The Morgan fingerprint density at radius 1 is 1.11 bits per heavy atom. The maximum atomic E-state index is 6.24. The van der Waals surface area contributed by atoms with E-state index in [1.165, 1.54) is 58.2 Å². The number of hydrogen-bond donors (Lipinski definition) is 1. The molecular formula is C16H30ClN2+. The lowest BCUT2D eigenvalue weighted by Gasteiger charge is -2.37. The van der Waals surface area contributed by atoms with Gasteiger partial charge in [-0.1, -0.05) is 6.92 Å². The van der Waals surface area contributed by atoms with Crippen LogP contribution in [0.4, 0.5) is 0 Å². The van der Waals surface area contributed by atoms with Crippen LogP contribution < -0.4 is 4.90 Å². The molecule has 0 bridgehead atoms. The van der Waals surface area contributed by atoms with Gasteiger partial charge in [0.25, 0.3) is 0 Å². The summed E-state index contributed by atoms with van der Waals surface area (Å²) < 4.78 is 0. The third kappa shape index (κ3) is 3.11. The van der Waals surface area contributed by atoms with Gasteiger partial charge < -0.3 is 4.90 Å². The van der Waals surface area contributed by atoms with E-state index in [1.54, 1.807) is 0 Å². The molecule has 0 aromatic rings. The third-order valence-corrected chi connectivity index (χ3v) is 6.28. The van der Waals surface area contributed by atoms with E-state index in [-0.39, 0.29) is 0 Å². The minimum Gasteiger partial charge on any atom is -0.316 e. The van der Waals surface area contributed by atoms with Crippen molar-refractivity contribution in [2.45, 2.75) is 70.0 Å². The Kier molecular flexibility index (Phi) is 4.40. The molecule has 0 aromatic heterocycles. The second-order valence-electron chi connectivity index (χ2n) is 7.44. The van der Waals surface area contributed by atoms with Crippen LogP contribution >= 0.6 is 11.6 Å². The monoisotopic (exact) mass is 285 g/mol. The maximum Gasteiger partial charge on any atom is 0.144 e. The molecule has 3 rings (SSSR count). The highest BCUT2D eigenvalue weighted by Crippen LogP contribution is 2.28. The Labute approximate surface area is 123 Å². The Balaban J connectivity index is 1.59. The van der Waals surface area contributed by atoms with E-state index in [0.29, 0.717) is 5.38 Å². The summed E-state index contributed by atoms with van der Waals surface area (Å²) in [6.45, 7) is 8.98. The molecule has 1 N–H and O–H groups in total. The summed E-state index contributed by atoms with van der Waals surface area (Å²) in [5.41, 5.74) is 0. The van der Waals surface area contributed by atoms with Crippen LogP contribution in [0.25, 0.3) is 0 Å². The SMILES string of the molecule is CC1CCN2CC(C)[NH+](CC3CCC(Cl)CC3)C2C1. The van der Waals surface area contributed by atoms with Crippen molar-refractivity contribution in [2.24, 2.45) is 11.8 Å². The van der Waals surface area contributed by atoms with Crippen molar-refractivity contribution in [3.63, 3.8) is 0 Å². The van der Waals surface area contributed by atoms with Crippen molar-refractivity contribution in [3.8, 4) is 0 Å². The number of nitrogens with zero attached hydrogens (tertiary/aromatic N) is 1. The molecule has 2 aliphatic heterocycles. The quantitative estimate of drug-likeness (QED) is 0.764. The first-order valence-corrected chi connectivity index (χ1v) is 8.81. The Morgan fingerprint density at radius 2 is 1.84 bits per heavy atom. The van der Waals surface area contributed by atoms with Gasteiger partial charge in [-0.15, -0.1) is 11.6 Å². The zero-order valence-corrected chi connectivity index (χ0v) is 13.3. The molecule has 0 amide bonds. The normalized spacial score (nSPS) is 48.2. The number of rotatable bonds is 2. The number of quaternary nitrogens is 1. The molecule has 0 aromatic carbocycles. The zero-order chi connectivity index (χ0) is 13.4. The number of fused-ring (bicyclic) bond motifs is 1. The minimum absolute atomic E-state index is 0.466. The lowest BCUT2D eigenvalue weighted by atomic mass is 9.88. The Morgan fingerprint density at radius 3 is 2.58 bits per heavy atom. The van der Waals surface area contributed by atoms with Crippen LogP contribution in [0.15, 0.2) is 0 Å². The van der Waals surface area contributed by atoms with Crippen LogP contribution in [0.5, 0.6) is 0 Å². The van der Waals surface area contributed by atoms with Crippen LogP contribution in [0.3, 0.4) is 0 Å². The van der Waals surface area contributed by atoms with E-state index < -0.39 is 0 Å². The zero-order valence-electron chi connectivity index (χ0n) is 12.6. The molecule has 4 unspecified atom stereocenters. The average Bonchev–Trinajstić information content (AvgIpc) is 2.69. The number of halogens is 1. The molecule has 3 heteroatoms. The fraction of sp³-hybridized carbons (Fsp3) is 1.00. The molecule has 1 aliphatic carbocycles. The second-order valence-corrected chi connectivity index (χ2v) is 8.06. The fourth-order valence-electron chi connectivity index (χ4n) is 4.59. The van der Waals surface area contributed by atoms with E-state index in [2.05, 4.69) is 18.7 Å². The summed E-state index contributed by atoms with van der Waals surface area (Å²) in [7, 11) is 0. The summed E-state index contributed by atoms with van der Waals surface area (Å²) in [5.74, 6) is 1.87. The first kappa shape index (κ1) is 14.2. The van der Waals surface area contributed by atoms with Gasteiger partial charge in [-0.2, -0.15) is 0 Å². The van der Waals surface area contributed by atoms with Crippen molar-refractivity contribution in [1.82, 2.24) is 4.90 Å². The number of nitrogens with one attached hydrogen (secondary N) is 1. The lowest BCUT2D eigenvalue weighted by molar-refractivity contribution is -0.943. The summed E-state index contributed by atoms with van der Waals surface area (Å²) in [4.78, 5) is 4.66. The molecule has 3 aliphatic rings. The van der Waals surface area contributed by atoms with Crippen molar-refractivity contribution < 1.29 is 4.90 Å². The highest BCUT2D eigenvalue weighted by molar-refractivity contribution is 6.20. The van der Waals surface area contributed by atoms with Crippen molar-refractivity contribution >= 4 is 11.6 Å². The number of hydrogen-bond acceptors (Lipinski definition) is 1. The van der Waals surface area contributed by atoms with E-state index in [4.69, 9.17) is 11.6 Å². The van der Waals surface area contributed by atoms with Crippen molar-refractivity contribution in [1.29, 1.82) is 0 Å². The van der Waals surface area contributed by atoms with Gasteiger partial charge in [0, 0.05) is 24.3 Å². The predicted molar refractivity (Wildman–Crippen MR) is 80.6 cm³/mol. The van der Waals surface area contributed by atoms with Gasteiger partial charge in [-0.25, -0.2) is 4.90 Å². The lowest BCUT2D eigenvalue weighted by Crippen LogP contribution is -3.18. The predicted octanol–water partition coefficient (Wildman–Crippen LogP) is 2.13. The average molecular weight is 286 g/mol. The fourth-order valence-corrected chi connectivity index (χ4v) is 4.84. The van der Waals surface area contributed by atoms with E-state index in [0.717, 1.165) is 24.0 Å². The molecule has 110 valence electrons. The largest absolute Gasteiger partial charge is 0.316 e. The molecule has 0 radical (unpaired) electrons. The van der Waals surface area contributed by atoms with Gasteiger partial charge in [0.05, 0.1) is 19.1 Å². The molecule has 19 heavy (non-hydrogen) atoms. The van der Waals surface area contributed by atoms with E-state index in [9.17, 15) is 0 Å². The molecule has 2 saturated heterocycles. The molecule has 0 spiro atoms. The summed E-state index contributed by atoms with van der Waals surface area (Å²) in [5, 5.41) is 0.466. The van der Waals surface area contributed by atoms with Gasteiger partial charge in [-0.05, 0) is 44.9 Å². The Hall–Kier alpha value is 0.210. The van der Waals surface area contributed by atoms with E-state index >= 15 is 0 Å². The smallest absolute Gasteiger partial charge is 0.144 e. The molecule has 2 nitrogen and oxygen atoms in total. The van der Waals surface area contributed by atoms with Gasteiger partial charge in [-0.3, -0.25) is 0 Å². The van der Waals surface area contributed by atoms with Crippen LogP contribution in [-0.4, -0.2) is 42.1 Å². The van der Waals surface area contributed by atoms with E-state index in [1.807, 2.05) is 4.90 Å². The molecule has 2 heterocycles. The summed E-state index contributed by atoms with van der Waals surface area (Å²) in [6, 6.07) is 0.837. The molecule has 4 atom stereocenters. The highest BCUT2D eigenvalue weighted by Gasteiger charge is 2.44. The molecule has 1 saturated carbocycles. The van der Waals surface area contributed by atoms with Gasteiger partial charge in [0.2, 0.25) is 0 Å². The standard InChI is InChI=1S/C16H29ClN2/c1-12-7-8-18-10-13(2)19(16(18)9-12)11-14-3-5-15(17)6-4-14/h12-16H,3-11H2,1-2H3/p+1. The van der Waals surface area contributed by atoms with Crippen LogP contribution in [0.2, 0.25) is 0 Å². The number of alkyl halides is 1. The highest BCUT2D eigenvalue weighted by atomic mass is 35.5. The molecule has 3 fully saturated rings. The van der Waals surface area contributed by atoms with Crippen LogP contribution in [-0.2, 0) is 0 Å². The number of piperidine rings is 1.